The molecule has 0 fully saturated rings. The molecule has 0 aliphatic carbocycles. The van der Waals surface area contributed by atoms with Gasteiger partial charge in [-0.3, -0.25) is 15.1 Å². The van der Waals surface area contributed by atoms with E-state index in [1.807, 2.05) is 0 Å². The van der Waals surface area contributed by atoms with Gasteiger partial charge >= 0.3 is 0 Å². The van der Waals surface area contributed by atoms with Crippen LogP contribution in [0.2, 0.25) is 0 Å². The van der Waals surface area contributed by atoms with Crippen LogP contribution >= 0.6 is 0 Å². The van der Waals surface area contributed by atoms with Gasteiger partial charge in [-0.25, -0.2) is 0 Å². The van der Waals surface area contributed by atoms with Crippen molar-refractivity contribution in [3.05, 3.63) is 11.9 Å². The first-order chi connectivity index (χ1) is 5.76. The Morgan fingerprint density at radius 3 is 3.17 bits per heavy atom. The van der Waals surface area contributed by atoms with Gasteiger partial charge in [0.05, 0.1) is 19.2 Å². The van der Waals surface area contributed by atoms with Gasteiger partial charge in [-0.1, -0.05) is 0 Å². The summed E-state index contributed by atoms with van der Waals surface area (Å²) in [7, 11) is 1.43. The number of carbonyl (C=O) groups is 1. The maximum absolute atomic E-state index is 10.9. The summed E-state index contributed by atoms with van der Waals surface area (Å²) in [6.07, 6.45) is 1.64. The molecule has 12 heavy (non-hydrogen) atoms. The lowest BCUT2D eigenvalue weighted by Crippen LogP contribution is -2.35. The monoisotopic (exact) mass is 167 g/mol. The zero-order chi connectivity index (χ0) is 8.97. The molecule has 1 amide bonds. The number of ether oxygens (including phenoxy) is 1. The largest absolute Gasteiger partial charge is 0.468 e. The van der Waals surface area contributed by atoms with Crippen molar-refractivity contribution in [2.24, 2.45) is 9.98 Å². The van der Waals surface area contributed by atoms with Crippen LogP contribution < -0.4 is 5.32 Å². The number of hydrogen-bond donors (Lipinski definition) is 1. The molecule has 0 aromatic heterocycles. The summed E-state index contributed by atoms with van der Waals surface area (Å²) in [4.78, 5) is 18.4. The van der Waals surface area contributed by atoms with E-state index in [9.17, 15) is 4.79 Å². The van der Waals surface area contributed by atoms with Crippen molar-refractivity contribution in [3.63, 3.8) is 0 Å². The Balaban J connectivity index is 2.85. The van der Waals surface area contributed by atoms with E-state index in [1.54, 1.807) is 0 Å². The summed E-state index contributed by atoms with van der Waals surface area (Å²) in [6, 6.07) is 0.196. The second-order valence-electron chi connectivity index (χ2n) is 2.15. The van der Waals surface area contributed by atoms with Crippen molar-refractivity contribution >= 4 is 18.6 Å². The average Bonchev–Trinajstić information content (AvgIpc) is 2.04. The van der Waals surface area contributed by atoms with Gasteiger partial charge in [-0.2, -0.15) is 4.99 Å². The average molecular weight is 167 g/mol. The Labute approximate surface area is 69.8 Å². The predicted octanol–water partition coefficient (Wildman–Crippen LogP) is 0.0507. The van der Waals surface area contributed by atoms with Crippen LogP contribution in [0.5, 0.6) is 0 Å². The summed E-state index contributed by atoms with van der Waals surface area (Å²) in [5.41, 5.74) is 0.547. The number of rotatable bonds is 1. The van der Waals surface area contributed by atoms with Gasteiger partial charge in [-0.05, 0) is 6.72 Å². The number of hydrogen-bond acceptors (Lipinski definition) is 4. The first-order valence-electron chi connectivity index (χ1n) is 3.33. The maximum atomic E-state index is 10.9. The third kappa shape index (κ3) is 1.91. The van der Waals surface area contributed by atoms with Crippen LogP contribution in [0, 0.1) is 0 Å². The second kappa shape index (κ2) is 3.66. The normalized spacial score (nSPS) is 19.9. The number of amidine groups is 1. The van der Waals surface area contributed by atoms with Crippen molar-refractivity contribution in [2.75, 3.05) is 7.11 Å². The standard InChI is InChI=1S/C7H9N3O2/c1-8-4-5-3-6(11)10-7(9-5)12-2/h4H,1,3H2,2H3,(H,9,10,11)/b5-4+. The van der Waals surface area contributed by atoms with Crippen LogP contribution in [0.25, 0.3) is 0 Å². The number of carbonyl (C=O) groups excluding carboxylic acids is 1. The quantitative estimate of drug-likeness (QED) is 0.561. The molecule has 0 aromatic carbocycles. The summed E-state index contributed by atoms with van der Waals surface area (Å²) < 4.78 is 4.75. The van der Waals surface area contributed by atoms with E-state index in [1.165, 1.54) is 13.3 Å². The fourth-order valence-corrected chi connectivity index (χ4v) is 0.802. The van der Waals surface area contributed by atoms with Crippen molar-refractivity contribution in [1.29, 1.82) is 0 Å². The van der Waals surface area contributed by atoms with Crippen LogP contribution in [0.3, 0.4) is 0 Å². The van der Waals surface area contributed by atoms with E-state index in [-0.39, 0.29) is 18.3 Å². The highest BCUT2D eigenvalue weighted by Crippen LogP contribution is 2.08. The highest BCUT2D eigenvalue weighted by Gasteiger charge is 2.15. The zero-order valence-electron chi connectivity index (χ0n) is 6.70. The molecule has 5 heteroatoms. The van der Waals surface area contributed by atoms with E-state index in [4.69, 9.17) is 4.74 Å². The molecule has 0 unspecified atom stereocenters. The molecule has 1 aliphatic heterocycles. The molecule has 1 heterocycles. The van der Waals surface area contributed by atoms with Gasteiger partial charge in [0.2, 0.25) is 5.91 Å². The first kappa shape index (κ1) is 8.45. The Morgan fingerprint density at radius 2 is 2.58 bits per heavy atom. The summed E-state index contributed by atoms with van der Waals surface area (Å²) in [5, 5.41) is 2.44. The Morgan fingerprint density at radius 1 is 1.83 bits per heavy atom. The van der Waals surface area contributed by atoms with E-state index >= 15 is 0 Å². The summed E-state index contributed by atoms with van der Waals surface area (Å²) >= 11 is 0. The third-order valence-electron chi connectivity index (χ3n) is 1.27. The molecule has 0 bridgehead atoms. The molecule has 0 saturated heterocycles. The van der Waals surface area contributed by atoms with E-state index in [0.717, 1.165) is 0 Å². The molecule has 1 rings (SSSR count). The maximum Gasteiger partial charge on any atom is 0.296 e. The minimum atomic E-state index is -0.156. The smallest absolute Gasteiger partial charge is 0.296 e. The van der Waals surface area contributed by atoms with Crippen molar-refractivity contribution in [2.45, 2.75) is 6.42 Å². The molecular formula is C7H9N3O2. The molecule has 0 spiro atoms. The van der Waals surface area contributed by atoms with Crippen LogP contribution in [0.4, 0.5) is 0 Å². The minimum absolute atomic E-state index is 0.156. The molecule has 0 radical (unpaired) electrons. The van der Waals surface area contributed by atoms with E-state index in [2.05, 4.69) is 22.0 Å². The van der Waals surface area contributed by atoms with Gasteiger partial charge in [0, 0.05) is 6.20 Å². The molecule has 1 aliphatic rings. The predicted molar refractivity (Wildman–Crippen MR) is 44.8 cm³/mol. The highest BCUT2D eigenvalue weighted by molar-refractivity contribution is 5.98. The SMILES string of the molecule is C=N/C=C1\CC(=O)NC(OC)=N1. The molecule has 0 saturated carbocycles. The van der Waals surface area contributed by atoms with E-state index < -0.39 is 0 Å². The van der Waals surface area contributed by atoms with Gasteiger partial charge < -0.3 is 4.74 Å². The number of methoxy groups -OCH3 is 1. The minimum Gasteiger partial charge on any atom is -0.468 e. The van der Waals surface area contributed by atoms with E-state index in [0.29, 0.717) is 5.70 Å². The zero-order valence-corrected chi connectivity index (χ0v) is 6.70. The lowest BCUT2D eigenvalue weighted by Gasteiger charge is -2.12. The number of amides is 1. The molecule has 0 aromatic rings. The third-order valence-corrected chi connectivity index (χ3v) is 1.27. The van der Waals surface area contributed by atoms with Crippen molar-refractivity contribution in [1.82, 2.24) is 5.32 Å². The highest BCUT2D eigenvalue weighted by atomic mass is 16.5. The Kier molecular flexibility index (Phi) is 2.57. The van der Waals surface area contributed by atoms with Crippen molar-refractivity contribution < 1.29 is 9.53 Å². The van der Waals surface area contributed by atoms with Crippen LogP contribution in [-0.2, 0) is 9.53 Å². The molecular weight excluding hydrogens is 158 g/mol. The van der Waals surface area contributed by atoms with Crippen molar-refractivity contribution in [3.8, 4) is 0 Å². The lowest BCUT2D eigenvalue weighted by atomic mass is 10.3. The summed E-state index contributed by atoms with van der Waals surface area (Å²) in [6.45, 7) is 3.26. The topological polar surface area (TPSA) is 63.0 Å². The van der Waals surface area contributed by atoms with Crippen LogP contribution in [0.15, 0.2) is 21.9 Å². The lowest BCUT2D eigenvalue weighted by molar-refractivity contribution is -0.119. The molecule has 1 N–H and O–H groups in total. The fourth-order valence-electron chi connectivity index (χ4n) is 0.802. The second-order valence-corrected chi connectivity index (χ2v) is 2.15. The van der Waals surface area contributed by atoms with Gasteiger partial charge in [-0.15, -0.1) is 0 Å². The van der Waals surface area contributed by atoms with Crippen LogP contribution in [-0.4, -0.2) is 25.8 Å². The molecule has 5 nitrogen and oxygen atoms in total. The number of nitrogens with zero attached hydrogens (tertiary/aromatic N) is 2. The fraction of sp³-hybridized carbons (Fsp3) is 0.286. The molecule has 0 atom stereocenters. The number of aliphatic imine (C=N–C) groups is 2. The first-order valence-corrected chi connectivity index (χ1v) is 3.33. The van der Waals surface area contributed by atoms with Gasteiger partial charge in [0.1, 0.15) is 0 Å². The van der Waals surface area contributed by atoms with Gasteiger partial charge in [0.15, 0.2) is 0 Å². The van der Waals surface area contributed by atoms with Gasteiger partial charge in [0.25, 0.3) is 6.02 Å². The Bertz CT molecular complexity index is 268. The number of nitrogens with one attached hydrogen (secondary N) is 1. The summed E-state index contributed by atoms with van der Waals surface area (Å²) in [5.74, 6) is -0.156. The molecule has 64 valence electrons. The van der Waals surface area contributed by atoms with Crippen LogP contribution in [0.1, 0.15) is 6.42 Å². The Hall–Kier alpha value is -1.65.